The van der Waals surface area contributed by atoms with Crippen LogP contribution in [0.3, 0.4) is 0 Å². The second-order valence-corrected chi connectivity index (χ2v) is 2.21. The van der Waals surface area contributed by atoms with Gasteiger partial charge in [-0.15, -0.1) is 13.2 Å². The van der Waals surface area contributed by atoms with E-state index in [2.05, 4.69) is 14.7 Å². The molecule has 1 rings (SSSR count). The standard InChI is InChI=1S/C7H7F3N2O.C2H6/c1-2-5-6(12-4-3-11-5)13-7(8,9)10;1-2/h3-4H,2H2,1H3;1-2H3. The van der Waals surface area contributed by atoms with Gasteiger partial charge < -0.3 is 4.74 Å². The summed E-state index contributed by atoms with van der Waals surface area (Å²) >= 11 is 0. The molecule has 1 heterocycles. The predicted octanol–water partition coefficient (Wildman–Crippen LogP) is 2.96. The van der Waals surface area contributed by atoms with E-state index < -0.39 is 12.2 Å². The van der Waals surface area contributed by atoms with Crippen LogP contribution in [0.2, 0.25) is 0 Å². The van der Waals surface area contributed by atoms with Crippen LogP contribution >= 0.6 is 0 Å². The van der Waals surface area contributed by atoms with E-state index in [0.29, 0.717) is 6.42 Å². The second kappa shape index (κ2) is 6.21. The molecule has 0 atom stereocenters. The van der Waals surface area contributed by atoms with Gasteiger partial charge in [-0.1, -0.05) is 20.8 Å². The summed E-state index contributed by atoms with van der Waals surface area (Å²) in [6.07, 6.45) is -1.89. The molecule has 86 valence electrons. The highest BCUT2D eigenvalue weighted by molar-refractivity contribution is 5.16. The summed E-state index contributed by atoms with van der Waals surface area (Å²) < 4.78 is 39.0. The van der Waals surface area contributed by atoms with Gasteiger partial charge in [0.05, 0.1) is 0 Å². The maximum absolute atomic E-state index is 11.8. The first-order valence-corrected chi connectivity index (χ1v) is 4.58. The Bertz CT molecular complexity index is 289. The number of nitrogens with zero attached hydrogens (tertiary/aromatic N) is 2. The van der Waals surface area contributed by atoms with Crippen molar-refractivity contribution in [2.75, 3.05) is 0 Å². The van der Waals surface area contributed by atoms with Gasteiger partial charge in [-0.05, 0) is 6.42 Å². The minimum atomic E-state index is -4.71. The first kappa shape index (κ1) is 13.7. The summed E-state index contributed by atoms with van der Waals surface area (Å²) in [6.45, 7) is 5.67. The molecule has 3 nitrogen and oxygen atoms in total. The van der Waals surface area contributed by atoms with Crippen molar-refractivity contribution >= 4 is 0 Å². The molecular weight excluding hydrogens is 209 g/mol. The van der Waals surface area contributed by atoms with Crippen molar-refractivity contribution in [3.63, 3.8) is 0 Å². The highest BCUT2D eigenvalue weighted by atomic mass is 19.4. The Morgan fingerprint density at radius 2 is 1.73 bits per heavy atom. The molecule has 0 spiro atoms. The van der Waals surface area contributed by atoms with Crippen LogP contribution in [0.5, 0.6) is 5.88 Å². The molecule has 1 aromatic heterocycles. The van der Waals surface area contributed by atoms with Crippen LogP contribution in [0, 0.1) is 0 Å². The van der Waals surface area contributed by atoms with E-state index in [1.807, 2.05) is 13.8 Å². The molecule has 0 bridgehead atoms. The zero-order valence-corrected chi connectivity index (χ0v) is 8.80. The smallest absolute Gasteiger partial charge is 0.386 e. The summed E-state index contributed by atoms with van der Waals surface area (Å²) in [4.78, 5) is 7.12. The minimum absolute atomic E-state index is 0.194. The van der Waals surface area contributed by atoms with E-state index >= 15 is 0 Å². The van der Waals surface area contributed by atoms with E-state index in [-0.39, 0.29) is 5.69 Å². The molecule has 0 aromatic carbocycles. The Balaban J connectivity index is 0.000000921. The molecule has 0 N–H and O–H groups in total. The van der Waals surface area contributed by atoms with Crippen LogP contribution in [0.4, 0.5) is 13.2 Å². The van der Waals surface area contributed by atoms with Gasteiger partial charge in [0.15, 0.2) is 0 Å². The molecule has 0 fully saturated rings. The quantitative estimate of drug-likeness (QED) is 0.771. The monoisotopic (exact) mass is 222 g/mol. The van der Waals surface area contributed by atoms with E-state index in [4.69, 9.17) is 0 Å². The van der Waals surface area contributed by atoms with Crippen molar-refractivity contribution in [3.8, 4) is 5.88 Å². The lowest BCUT2D eigenvalue weighted by Gasteiger charge is -2.09. The fourth-order valence-electron chi connectivity index (χ4n) is 0.791. The molecule has 15 heavy (non-hydrogen) atoms. The van der Waals surface area contributed by atoms with Gasteiger partial charge in [-0.25, -0.2) is 4.98 Å². The molecule has 1 aromatic rings. The zero-order valence-electron chi connectivity index (χ0n) is 8.80. The fourth-order valence-corrected chi connectivity index (χ4v) is 0.791. The Labute approximate surface area is 86.3 Å². The predicted molar refractivity (Wildman–Crippen MR) is 49.4 cm³/mol. The molecule has 0 saturated carbocycles. The summed E-state index contributed by atoms with van der Waals surface area (Å²) in [6, 6.07) is 0. The average Bonchev–Trinajstić information content (AvgIpc) is 2.19. The van der Waals surface area contributed by atoms with Crippen molar-refractivity contribution < 1.29 is 17.9 Å². The number of hydrogen-bond acceptors (Lipinski definition) is 3. The highest BCUT2D eigenvalue weighted by Gasteiger charge is 2.32. The van der Waals surface area contributed by atoms with Crippen LogP contribution in [-0.2, 0) is 6.42 Å². The van der Waals surface area contributed by atoms with Crippen molar-refractivity contribution in [2.45, 2.75) is 33.6 Å². The molecule has 0 radical (unpaired) electrons. The van der Waals surface area contributed by atoms with Crippen LogP contribution in [0.15, 0.2) is 12.4 Å². The first-order chi connectivity index (χ1) is 7.03. The van der Waals surface area contributed by atoms with E-state index in [1.54, 1.807) is 6.92 Å². The molecule has 0 aliphatic rings. The largest absolute Gasteiger partial charge is 0.574 e. The Morgan fingerprint density at radius 3 is 2.20 bits per heavy atom. The SMILES string of the molecule is CC.CCc1nccnc1OC(F)(F)F. The summed E-state index contributed by atoms with van der Waals surface area (Å²) in [7, 11) is 0. The number of hydrogen-bond donors (Lipinski definition) is 0. The topological polar surface area (TPSA) is 35.0 Å². The average molecular weight is 222 g/mol. The summed E-state index contributed by atoms with van der Waals surface area (Å²) in [5, 5.41) is 0. The Kier molecular flexibility index (Phi) is 5.66. The molecular formula is C9H13F3N2O. The number of ether oxygens (including phenoxy) is 1. The summed E-state index contributed by atoms with van der Waals surface area (Å²) in [5.74, 6) is -0.475. The van der Waals surface area contributed by atoms with Crippen LogP contribution in [0.1, 0.15) is 26.5 Å². The third-order valence-electron chi connectivity index (χ3n) is 1.28. The van der Waals surface area contributed by atoms with Gasteiger partial charge >= 0.3 is 6.36 Å². The van der Waals surface area contributed by atoms with Crippen molar-refractivity contribution in [2.24, 2.45) is 0 Å². The molecule has 0 amide bonds. The van der Waals surface area contributed by atoms with E-state index in [1.165, 1.54) is 6.20 Å². The summed E-state index contributed by atoms with van der Waals surface area (Å²) in [5.41, 5.74) is 0.194. The minimum Gasteiger partial charge on any atom is -0.386 e. The lowest BCUT2D eigenvalue weighted by atomic mass is 10.3. The van der Waals surface area contributed by atoms with Crippen molar-refractivity contribution in [1.29, 1.82) is 0 Å². The lowest BCUT2D eigenvalue weighted by Crippen LogP contribution is -2.19. The first-order valence-electron chi connectivity index (χ1n) is 4.58. The van der Waals surface area contributed by atoms with E-state index in [9.17, 15) is 13.2 Å². The Morgan fingerprint density at radius 1 is 1.20 bits per heavy atom. The van der Waals surface area contributed by atoms with Gasteiger partial charge in [0.2, 0.25) is 5.88 Å². The van der Waals surface area contributed by atoms with Gasteiger partial charge in [0, 0.05) is 12.4 Å². The number of rotatable bonds is 2. The van der Waals surface area contributed by atoms with E-state index in [0.717, 1.165) is 6.20 Å². The third kappa shape index (κ3) is 5.19. The molecule has 0 aliphatic carbocycles. The Hall–Kier alpha value is -1.33. The molecule has 0 aliphatic heterocycles. The van der Waals surface area contributed by atoms with Crippen molar-refractivity contribution in [1.82, 2.24) is 9.97 Å². The molecule has 0 saturated heterocycles. The fraction of sp³-hybridized carbons (Fsp3) is 0.556. The molecule has 0 unspecified atom stereocenters. The van der Waals surface area contributed by atoms with Crippen LogP contribution < -0.4 is 4.74 Å². The number of alkyl halides is 3. The van der Waals surface area contributed by atoms with Gasteiger partial charge in [0.1, 0.15) is 5.69 Å². The maximum atomic E-state index is 11.8. The number of halogens is 3. The second-order valence-electron chi connectivity index (χ2n) is 2.21. The lowest BCUT2D eigenvalue weighted by molar-refractivity contribution is -0.276. The van der Waals surface area contributed by atoms with Gasteiger partial charge in [-0.2, -0.15) is 0 Å². The number of aromatic nitrogens is 2. The highest BCUT2D eigenvalue weighted by Crippen LogP contribution is 2.22. The number of aryl methyl sites for hydroxylation is 1. The third-order valence-corrected chi connectivity index (χ3v) is 1.28. The normalized spacial score (nSPS) is 10.3. The zero-order chi connectivity index (χ0) is 11.9. The maximum Gasteiger partial charge on any atom is 0.574 e. The van der Waals surface area contributed by atoms with Crippen molar-refractivity contribution in [3.05, 3.63) is 18.1 Å². The van der Waals surface area contributed by atoms with Crippen LogP contribution in [0.25, 0.3) is 0 Å². The molecule has 6 heteroatoms. The van der Waals surface area contributed by atoms with Gasteiger partial charge in [-0.3, -0.25) is 4.98 Å². The van der Waals surface area contributed by atoms with Crippen LogP contribution in [-0.4, -0.2) is 16.3 Å². The van der Waals surface area contributed by atoms with Gasteiger partial charge in [0.25, 0.3) is 0 Å².